The number of esters is 1. The Morgan fingerprint density at radius 3 is 2.51 bits per heavy atom. The molecule has 0 aliphatic carbocycles. The van der Waals surface area contributed by atoms with Gasteiger partial charge in [-0.05, 0) is 55.3 Å². The van der Waals surface area contributed by atoms with Gasteiger partial charge in [-0.2, -0.15) is 0 Å². The molecule has 0 saturated carbocycles. The molecule has 1 heterocycles. The molecule has 0 aromatic heterocycles. The van der Waals surface area contributed by atoms with Crippen molar-refractivity contribution in [2.75, 3.05) is 16.2 Å². The second-order valence-electron chi connectivity index (χ2n) is 7.94. The molecule has 1 aliphatic heterocycles. The molecular formula is C24H21N3O7S. The molecule has 0 spiro atoms. The summed E-state index contributed by atoms with van der Waals surface area (Å²) < 4.78 is 33.1. The molecule has 11 heteroatoms. The van der Waals surface area contributed by atoms with E-state index < -0.39 is 33.4 Å². The first-order chi connectivity index (χ1) is 16.7. The number of fused-ring (bicyclic) bond motifs is 1. The molecule has 1 atom stereocenters. The van der Waals surface area contributed by atoms with Crippen molar-refractivity contribution in [2.45, 2.75) is 24.3 Å². The molecule has 1 amide bonds. The Bertz CT molecular complexity index is 1400. The van der Waals surface area contributed by atoms with E-state index in [9.17, 15) is 28.1 Å². The lowest BCUT2D eigenvalue weighted by Gasteiger charge is -2.24. The summed E-state index contributed by atoms with van der Waals surface area (Å²) >= 11 is 0. The monoisotopic (exact) mass is 495 g/mol. The van der Waals surface area contributed by atoms with Crippen LogP contribution in [-0.2, 0) is 26.0 Å². The van der Waals surface area contributed by atoms with Crippen LogP contribution in [0, 0.1) is 10.1 Å². The summed E-state index contributed by atoms with van der Waals surface area (Å²) in [5, 5.41) is 13.2. The summed E-state index contributed by atoms with van der Waals surface area (Å²) in [6, 6.07) is 17.6. The lowest BCUT2D eigenvalue weighted by Crippen LogP contribution is -2.35. The van der Waals surface area contributed by atoms with Crippen molar-refractivity contribution in [2.24, 2.45) is 0 Å². The van der Waals surface area contributed by atoms with Crippen molar-refractivity contribution in [1.82, 2.24) is 0 Å². The molecule has 0 bridgehead atoms. The number of anilines is 2. The Labute approximate surface area is 201 Å². The van der Waals surface area contributed by atoms with E-state index >= 15 is 0 Å². The van der Waals surface area contributed by atoms with Gasteiger partial charge in [0, 0.05) is 23.9 Å². The van der Waals surface area contributed by atoms with Gasteiger partial charge in [0.15, 0.2) is 6.61 Å². The number of benzene rings is 3. The first kappa shape index (κ1) is 23.9. The average Bonchev–Trinajstić information content (AvgIpc) is 3.19. The molecule has 180 valence electrons. The molecule has 10 nitrogen and oxygen atoms in total. The van der Waals surface area contributed by atoms with Crippen LogP contribution in [0.1, 0.15) is 22.8 Å². The van der Waals surface area contributed by atoms with Gasteiger partial charge in [0.25, 0.3) is 21.6 Å². The molecule has 3 aromatic carbocycles. The summed E-state index contributed by atoms with van der Waals surface area (Å²) in [6.45, 7) is 1.20. The van der Waals surface area contributed by atoms with Crippen molar-refractivity contribution in [3.63, 3.8) is 0 Å². The zero-order valence-electron chi connectivity index (χ0n) is 18.6. The highest BCUT2D eigenvalue weighted by molar-refractivity contribution is 7.92. The van der Waals surface area contributed by atoms with Crippen LogP contribution in [0.25, 0.3) is 0 Å². The summed E-state index contributed by atoms with van der Waals surface area (Å²) in [5.74, 6) is -1.52. The van der Waals surface area contributed by atoms with Crippen molar-refractivity contribution in [3.8, 4) is 0 Å². The Morgan fingerprint density at radius 2 is 1.80 bits per heavy atom. The van der Waals surface area contributed by atoms with Gasteiger partial charge in [0.1, 0.15) is 0 Å². The van der Waals surface area contributed by atoms with E-state index in [0.29, 0.717) is 17.8 Å². The maximum atomic E-state index is 13.4. The third-order valence-corrected chi connectivity index (χ3v) is 7.39. The van der Waals surface area contributed by atoms with Gasteiger partial charge >= 0.3 is 5.97 Å². The zero-order valence-corrected chi connectivity index (χ0v) is 19.4. The minimum absolute atomic E-state index is 0.0191. The molecule has 1 N–H and O–H groups in total. The van der Waals surface area contributed by atoms with Crippen molar-refractivity contribution in [3.05, 3.63) is 94.0 Å². The Hall–Kier alpha value is -4.25. The van der Waals surface area contributed by atoms with E-state index in [4.69, 9.17) is 4.74 Å². The van der Waals surface area contributed by atoms with Crippen LogP contribution in [0.5, 0.6) is 0 Å². The molecule has 1 unspecified atom stereocenters. The minimum atomic E-state index is -3.94. The van der Waals surface area contributed by atoms with Crippen molar-refractivity contribution < 1.29 is 27.7 Å². The second-order valence-corrected chi connectivity index (χ2v) is 9.75. The molecule has 0 fully saturated rings. The first-order valence-electron chi connectivity index (χ1n) is 10.6. The lowest BCUT2D eigenvalue weighted by molar-refractivity contribution is -0.384. The number of nitrogens with zero attached hydrogens (tertiary/aromatic N) is 2. The highest BCUT2D eigenvalue weighted by atomic mass is 32.2. The highest BCUT2D eigenvalue weighted by Gasteiger charge is 2.36. The lowest BCUT2D eigenvalue weighted by atomic mass is 10.1. The Kier molecular flexibility index (Phi) is 6.52. The number of nitro groups is 1. The molecule has 0 radical (unpaired) electrons. The predicted octanol–water partition coefficient (Wildman–Crippen LogP) is 3.53. The van der Waals surface area contributed by atoms with E-state index in [0.717, 1.165) is 5.56 Å². The number of carbonyl (C=O) groups excluding carboxylic acids is 2. The fourth-order valence-corrected chi connectivity index (χ4v) is 5.62. The van der Waals surface area contributed by atoms with Gasteiger partial charge in [0.2, 0.25) is 0 Å². The number of hydrogen-bond acceptors (Lipinski definition) is 7. The van der Waals surface area contributed by atoms with E-state index in [1.165, 1.54) is 52.8 Å². The maximum Gasteiger partial charge on any atom is 0.338 e. The quantitative estimate of drug-likeness (QED) is 0.301. The fourth-order valence-electron chi connectivity index (χ4n) is 3.88. The van der Waals surface area contributed by atoms with Crippen LogP contribution in [-0.4, -0.2) is 37.9 Å². The van der Waals surface area contributed by atoms with Crippen LogP contribution < -0.4 is 9.62 Å². The fraction of sp³-hybridized carbons (Fsp3) is 0.167. The Morgan fingerprint density at radius 1 is 1.09 bits per heavy atom. The first-order valence-corrected chi connectivity index (χ1v) is 12.0. The van der Waals surface area contributed by atoms with Crippen LogP contribution in [0.2, 0.25) is 0 Å². The van der Waals surface area contributed by atoms with E-state index in [-0.39, 0.29) is 22.2 Å². The standard InChI is InChI=1S/C24H21N3O7S/c1-16-13-17-5-2-3-8-22(17)26(16)35(32,33)21-7-4-6-18(14-21)24(29)34-15-23(28)25-19-9-11-20(12-10-19)27(30)31/h2-12,14,16H,13,15H2,1H3,(H,25,28). The van der Waals surface area contributed by atoms with Gasteiger partial charge in [0.05, 0.1) is 21.1 Å². The van der Waals surface area contributed by atoms with Gasteiger partial charge in [-0.25, -0.2) is 13.2 Å². The second kappa shape index (κ2) is 9.55. The highest BCUT2D eigenvalue weighted by Crippen LogP contribution is 2.36. The van der Waals surface area contributed by atoms with Crippen LogP contribution >= 0.6 is 0 Å². The molecule has 4 rings (SSSR count). The number of non-ortho nitro benzene ring substituents is 1. The normalized spacial score (nSPS) is 14.8. The summed E-state index contributed by atoms with van der Waals surface area (Å²) in [6.07, 6.45) is 0.584. The SMILES string of the molecule is CC1Cc2ccccc2N1S(=O)(=O)c1cccc(C(=O)OCC(=O)Nc2ccc([N+](=O)[O-])cc2)c1. The summed E-state index contributed by atoms with van der Waals surface area (Å²) in [4.78, 5) is 34.7. The predicted molar refractivity (Wildman–Crippen MR) is 128 cm³/mol. The topological polar surface area (TPSA) is 136 Å². The number of rotatable bonds is 7. The van der Waals surface area contributed by atoms with Crippen LogP contribution in [0.3, 0.4) is 0 Å². The molecule has 3 aromatic rings. The number of nitro benzene ring substituents is 1. The number of hydrogen-bond donors (Lipinski definition) is 1. The van der Waals surface area contributed by atoms with Gasteiger partial charge < -0.3 is 10.1 Å². The maximum absolute atomic E-state index is 13.4. The van der Waals surface area contributed by atoms with E-state index in [2.05, 4.69) is 5.32 Å². The molecule has 1 aliphatic rings. The van der Waals surface area contributed by atoms with E-state index in [1.807, 2.05) is 19.1 Å². The van der Waals surface area contributed by atoms with Gasteiger partial charge in [-0.15, -0.1) is 0 Å². The molecular weight excluding hydrogens is 474 g/mol. The number of carbonyl (C=O) groups is 2. The summed E-state index contributed by atoms with van der Waals surface area (Å²) in [7, 11) is -3.94. The number of ether oxygens (including phenoxy) is 1. The number of sulfonamides is 1. The minimum Gasteiger partial charge on any atom is -0.452 e. The molecule has 0 saturated heterocycles. The molecule has 35 heavy (non-hydrogen) atoms. The Balaban J connectivity index is 1.43. The van der Waals surface area contributed by atoms with Crippen molar-refractivity contribution in [1.29, 1.82) is 0 Å². The van der Waals surface area contributed by atoms with Crippen LogP contribution in [0.15, 0.2) is 77.7 Å². The van der Waals surface area contributed by atoms with Gasteiger partial charge in [-0.3, -0.25) is 19.2 Å². The number of para-hydroxylation sites is 1. The summed E-state index contributed by atoms with van der Waals surface area (Å²) in [5.41, 5.74) is 1.68. The van der Waals surface area contributed by atoms with Crippen LogP contribution in [0.4, 0.5) is 17.1 Å². The smallest absolute Gasteiger partial charge is 0.338 e. The number of amides is 1. The zero-order chi connectivity index (χ0) is 25.2. The third kappa shape index (κ3) is 4.99. The largest absolute Gasteiger partial charge is 0.452 e. The van der Waals surface area contributed by atoms with Crippen molar-refractivity contribution >= 4 is 39.0 Å². The number of nitrogens with one attached hydrogen (secondary N) is 1. The van der Waals surface area contributed by atoms with E-state index in [1.54, 1.807) is 12.1 Å². The third-order valence-electron chi connectivity index (χ3n) is 5.47. The van der Waals surface area contributed by atoms with Gasteiger partial charge in [-0.1, -0.05) is 24.3 Å². The average molecular weight is 496 g/mol.